The average molecular weight is 224 g/mol. The number of rotatable bonds is 3. The average Bonchev–Trinajstić information content (AvgIpc) is 2.81. The highest BCUT2D eigenvalue weighted by Crippen LogP contribution is 2.25. The Hall–Kier alpha value is -1.13. The number of anilines is 1. The molecule has 88 valence electrons. The molecule has 0 saturated carbocycles. The van der Waals surface area contributed by atoms with E-state index in [9.17, 15) is 4.39 Å². The van der Waals surface area contributed by atoms with Gasteiger partial charge in [-0.15, -0.1) is 0 Å². The number of aliphatic hydroxyl groups excluding tert-OH is 1. The fourth-order valence-corrected chi connectivity index (χ4v) is 2.07. The van der Waals surface area contributed by atoms with Crippen LogP contribution in [0.2, 0.25) is 0 Å². The summed E-state index contributed by atoms with van der Waals surface area (Å²) in [4.78, 5) is 2.05. The third-order valence-corrected chi connectivity index (χ3v) is 3.04. The summed E-state index contributed by atoms with van der Waals surface area (Å²) in [6.45, 7) is 1.67. The van der Waals surface area contributed by atoms with Gasteiger partial charge in [0.1, 0.15) is 5.82 Å². The fraction of sp³-hybridized carbons (Fsp3) is 0.500. The first kappa shape index (κ1) is 11.4. The summed E-state index contributed by atoms with van der Waals surface area (Å²) in [5, 5.41) is 8.90. The van der Waals surface area contributed by atoms with Gasteiger partial charge in [-0.2, -0.15) is 0 Å². The molecule has 1 aromatic carbocycles. The van der Waals surface area contributed by atoms with Crippen molar-refractivity contribution >= 4 is 5.69 Å². The summed E-state index contributed by atoms with van der Waals surface area (Å²) in [6.07, 6.45) is 2.24. The lowest BCUT2D eigenvalue weighted by atomic mass is 10.1. The van der Waals surface area contributed by atoms with Gasteiger partial charge in [0.2, 0.25) is 0 Å². The van der Waals surface area contributed by atoms with Crippen molar-refractivity contribution in [3.05, 3.63) is 29.6 Å². The zero-order valence-corrected chi connectivity index (χ0v) is 9.19. The normalized spacial score (nSPS) is 17.8. The standard InChI is InChI=1S/C12H17FN2O/c13-10-7-9(11(14)8-16)3-4-12(10)15-5-1-2-6-15/h3-4,7,11,16H,1-2,5-6,8,14H2. The van der Waals surface area contributed by atoms with Crippen LogP contribution in [0.4, 0.5) is 10.1 Å². The first-order chi connectivity index (χ1) is 7.72. The van der Waals surface area contributed by atoms with E-state index in [-0.39, 0.29) is 12.4 Å². The summed E-state index contributed by atoms with van der Waals surface area (Å²) in [7, 11) is 0. The van der Waals surface area contributed by atoms with Crippen LogP contribution in [0.1, 0.15) is 24.4 Å². The van der Waals surface area contributed by atoms with Crippen molar-refractivity contribution in [2.75, 3.05) is 24.6 Å². The smallest absolute Gasteiger partial charge is 0.146 e. The van der Waals surface area contributed by atoms with E-state index in [2.05, 4.69) is 0 Å². The number of halogens is 1. The van der Waals surface area contributed by atoms with Crippen LogP contribution in [0.3, 0.4) is 0 Å². The third-order valence-electron chi connectivity index (χ3n) is 3.04. The zero-order valence-electron chi connectivity index (χ0n) is 9.19. The van der Waals surface area contributed by atoms with Gasteiger partial charge in [-0.1, -0.05) is 6.07 Å². The molecule has 0 bridgehead atoms. The van der Waals surface area contributed by atoms with Gasteiger partial charge in [0, 0.05) is 13.1 Å². The molecular formula is C12H17FN2O. The Labute approximate surface area is 94.7 Å². The number of benzene rings is 1. The molecule has 1 fully saturated rings. The number of hydrogen-bond acceptors (Lipinski definition) is 3. The second-order valence-electron chi connectivity index (χ2n) is 4.19. The molecule has 0 aliphatic carbocycles. The lowest BCUT2D eigenvalue weighted by Crippen LogP contribution is -2.20. The minimum absolute atomic E-state index is 0.164. The first-order valence-corrected chi connectivity index (χ1v) is 5.63. The van der Waals surface area contributed by atoms with E-state index < -0.39 is 6.04 Å². The second-order valence-corrected chi connectivity index (χ2v) is 4.19. The lowest BCUT2D eigenvalue weighted by Gasteiger charge is -2.19. The van der Waals surface area contributed by atoms with E-state index in [1.54, 1.807) is 12.1 Å². The molecule has 16 heavy (non-hydrogen) atoms. The summed E-state index contributed by atoms with van der Waals surface area (Å²) < 4.78 is 13.8. The van der Waals surface area contributed by atoms with Crippen molar-refractivity contribution in [3.8, 4) is 0 Å². The highest BCUT2D eigenvalue weighted by Gasteiger charge is 2.17. The molecule has 3 N–H and O–H groups in total. The molecule has 0 radical (unpaired) electrons. The van der Waals surface area contributed by atoms with E-state index in [4.69, 9.17) is 10.8 Å². The fourth-order valence-electron chi connectivity index (χ4n) is 2.07. The zero-order chi connectivity index (χ0) is 11.5. The van der Waals surface area contributed by atoms with Crippen molar-refractivity contribution in [1.29, 1.82) is 0 Å². The van der Waals surface area contributed by atoms with E-state index in [1.807, 2.05) is 4.90 Å². The van der Waals surface area contributed by atoms with Crippen LogP contribution in [0.25, 0.3) is 0 Å². The van der Waals surface area contributed by atoms with Gasteiger partial charge in [-0.3, -0.25) is 0 Å². The summed E-state index contributed by atoms with van der Waals surface area (Å²) in [6, 6.07) is 4.47. The number of nitrogens with two attached hydrogens (primary N) is 1. The molecule has 3 nitrogen and oxygen atoms in total. The molecular weight excluding hydrogens is 207 g/mol. The second kappa shape index (κ2) is 4.80. The number of aliphatic hydroxyl groups is 1. The minimum Gasteiger partial charge on any atom is -0.394 e. The molecule has 1 aliphatic rings. The molecule has 1 atom stereocenters. The Morgan fingerprint density at radius 3 is 2.62 bits per heavy atom. The Morgan fingerprint density at radius 2 is 2.06 bits per heavy atom. The van der Waals surface area contributed by atoms with Gasteiger partial charge in [-0.05, 0) is 30.5 Å². The van der Waals surface area contributed by atoms with Crippen LogP contribution in [0.15, 0.2) is 18.2 Å². The van der Waals surface area contributed by atoms with Crippen LogP contribution < -0.4 is 10.6 Å². The summed E-state index contributed by atoms with van der Waals surface area (Å²) >= 11 is 0. The van der Waals surface area contributed by atoms with Crippen LogP contribution in [0.5, 0.6) is 0 Å². The lowest BCUT2D eigenvalue weighted by molar-refractivity contribution is 0.268. The summed E-state index contributed by atoms with van der Waals surface area (Å²) in [5.41, 5.74) is 6.92. The van der Waals surface area contributed by atoms with Crippen molar-refractivity contribution < 1.29 is 9.50 Å². The van der Waals surface area contributed by atoms with E-state index >= 15 is 0 Å². The maximum Gasteiger partial charge on any atom is 0.146 e. The van der Waals surface area contributed by atoms with Crippen molar-refractivity contribution in [1.82, 2.24) is 0 Å². The van der Waals surface area contributed by atoms with Gasteiger partial charge in [0.15, 0.2) is 0 Å². The molecule has 0 aromatic heterocycles. The van der Waals surface area contributed by atoms with E-state index in [1.165, 1.54) is 6.07 Å². The van der Waals surface area contributed by atoms with E-state index in [0.717, 1.165) is 25.9 Å². The Kier molecular flexibility index (Phi) is 3.41. The van der Waals surface area contributed by atoms with Crippen molar-refractivity contribution in [2.45, 2.75) is 18.9 Å². The van der Waals surface area contributed by atoms with Crippen LogP contribution in [0, 0.1) is 5.82 Å². The molecule has 1 aliphatic heterocycles. The Bertz CT molecular complexity index is 364. The molecule has 2 rings (SSSR count). The predicted molar refractivity (Wildman–Crippen MR) is 61.9 cm³/mol. The Morgan fingerprint density at radius 1 is 1.38 bits per heavy atom. The van der Waals surface area contributed by atoms with Gasteiger partial charge in [-0.25, -0.2) is 4.39 Å². The van der Waals surface area contributed by atoms with Crippen LogP contribution >= 0.6 is 0 Å². The number of nitrogens with zero attached hydrogens (tertiary/aromatic N) is 1. The monoisotopic (exact) mass is 224 g/mol. The van der Waals surface area contributed by atoms with Gasteiger partial charge < -0.3 is 15.7 Å². The number of hydrogen-bond donors (Lipinski definition) is 2. The largest absolute Gasteiger partial charge is 0.394 e. The van der Waals surface area contributed by atoms with Crippen molar-refractivity contribution in [2.24, 2.45) is 5.73 Å². The molecule has 4 heteroatoms. The topological polar surface area (TPSA) is 49.5 Å². The van der Waals surface area contributed by atoms with Gasteiger partial charge in [0.25, 0.3) is 0 Å². The molecule has 1 heterocycles. The molecule has 1 unspecified atom stereocenters. The quantitative estimate of drug-likeness (QED) is 0.816. The van der Waals surface area contributed by atoms with Crippen LogP contribution in [-0.2, 0) is 0 Å². The third kappa shape index (κ3) is 2.18. The maximum absolute atomic E-state index is 13.8. The van der Waals surface area contributed by atoms with Gasteiger partial charge in [0.05, 0.1) is 18.3 Å². The molecule has 1 aromatic rings. The first-order valence-electron chi connectivity index (χ1n) is 5.63. The molecule has 1 saturated heterocycles. The highest BCUT2D eigenvalue weighted by molar-refractivity contribution is 5.50. The maximum atomic E-state index is 13.8. The SMILES string of the molecule is NC(CO)c1ccc(N2CCCC2)c(F)c1. The predicted octanol–water partition coefficient (Wildman–Crippen LogP) is 1.42. The highest BCUT2D eigenvalue weighted by atomic mass is 19.1. The van der Waals surface area contributed by atoms with Gasteiger partial charge >= 0.3 is 0 Å². The molecule has 0 spiro atoms. The van der Waals surface area contributed by atoms with Crippen molar-refractivity contribution in [3.63, 3.8) is 0 Å². The van der Waals surface area contributed by atoms with Crippen LogP contribution in [-0.4, -0.2) is 24.8 Å². The van der Waals surface area contributed by atoms with E-state index in [0.29, 0.717) is 11.3 Å². The molecule has 0 amide bonds. The Balaban J connectivity index is 2.22. The minimum atomic E-state index is -0.498. The summed E-state index contributed by atoms with van der Waals surface area (Å²) in [5.74, 6) is -0.247.